The van der Waals surface area contributed by atoms with Gasteiger partial charge in [-0.2, -0.15) is 5.10 Å². The van der Waals surface area contributed by atoms with E-state index in [1.165, 1.54) is 20.4 Å². The summed E-state index contributed by atoms with van der Waals surface area (Å²) in [6.45, 7) is 0. The lowest BCUT2D eigenvalue weighted by Crippen LogP contribution is -2.27. The standard InChI is InChI=1S/C31H27N9O3/c1-42-26-21(12-15-34-31(26)43-2)30(41)37-23-9-6-18-17-19(7-8-20(18)23)40-28(22-5-3-13-33-27(22)32)36-24-10-11-25(38-29(24)40)39-16-4-14-35-39/h3-5,7-8,10-17,23H,6,9H2,1-2H3,(H2,32,33)(H,37,41)/t23-/m0/s1. The predicted molar refractivity (Wildman–Crippen MR) is 159 cm³/mol. The van der Waals surface area contributed by atoms with Crippen molar-refractivity contribution in [3.05, 3.63) is 96.1 Å². The zero-order valence-electron chi connectivity index (χ0n) is 23.4. The van der Waals surface area contributed by atoms with Crippen molar-refractivity contribution in [2.24, 2.45) is 0 Å². The first-order chi connectivity index (χ1) is 21.1. The Labute approximate surface area is 246 Å². The molecule has 5 aromatic heterocycles. The highest BCUT2D eigenvalue weighted by Gasteiger charge is 2.28. The third-order valence-electron chi connectivity index (χ3n) is 7.59. The van der Waals surface area contributed by atoms with E-state index >= 15 is 0 Å². The van der Waals surface area contributed by atoms with Crippen LogP contribution in [0.4, 0.5) is 5.82 Å². The number of hydrogen-bond acceptors (Lipinski definition) is 9. The number of nitrogens with two attached hydrogens (primary N) is 1. The Morgan fingerprint density at radius 3 is 2.70 bits per heavy atom. The Morgan fingerprint density at radius 2 is 1.91 bits per heavy atom. The molecule has 1 aliphatic carbocycles. The first kappa shape index (κ1) is 26.1. The maximum absolute atomic E-state index is 13.3. The van der Waals surface area contributed by atoms with Crippen molar-refractivity contribution < 1.29 is 14.3 Å². The highest BCUT2D eigenvalue weighted by Crippen LogP contribution is 2.37. The van der Waals surface area contributed by atoms with Crippen molar-refractivity contribution in [3.8, 4) is 34.5 Å². The molecule has 12 heteroatoms. The van der Waals surface area contributed by atoms with E-state index in [4.69, 9.17) is 25.2 Å². The lowest BCUT2D eigenvalue weighted by Gasteiger charge is -2.17. The van der Waals surface area contributed by atoms with Crippen LogP contribution in [0.2, 0.25) is 0 Å². The van der Waals surface area contributed by atoms with Gasteiger partial charge in [0.2, 0.25) is 0 Å². The highest BCUT2D eigenvalue weighted by molar-refractivity contribution is 5.97. The minimum absolute atomic E-state index is 0.169. The number of methoxy groups -OCH3 is 2. The SMILES string of the molecule is COc1nccc(C(=O)N[C@H]2CCc3cc(-n4c(-c5cccnc5N)nc5ccc(-n6cccn6)nc54)ccc32)c1OC. The van der Waals surface area contributed by atoms with Gasteiger partial charge in [-0.05, 0) is 72.5 Å². The van der Waals surface area contributed by atoms with Gasteiger partial charge < -0.3 is 20.5 Å². The third-order valence-corrected chi connectivity index (χ3v) is 7.59. The zero-order chi connectivity index (χ0) is 29.5. The minimum Gasteiger partial charge on any atom is -0.491 e. The molecule has 6 aromatic rings. The number of pyridine rings is 3. The number of carbonyl (C=O) groups is 1. The van der Waals surface area contributed by atoms with E-state index in [0.29, 0.717) is 45.5 Å². The van der Waals surface area contributed by atoms with E-state index in [2.05, 4.69) is 26.4 Å². The number of anilines is 1. The fourth-order valence-electron chi connectivity index (χ4n) is 5.59. The first-order valence-corrected chi connectivity index (χ1v) is 13.7. The molecule has 12 nitrogen and oxygen atoms in total. The molecule has 43 heavy (non-hydrogen) atoms. The number of carbonyl (C=O) groups excluding carboxylic acids is 1. The molecule has 0 aliphatic heterocycles. The molecule has 1 aliphatic rings. The number of nitrogens with zero attached hydrogens (tertiary/aromatic N) is 7. The average Bonchev–Trinajstić information content (AvgIpc) is 3.79. The summed E-state index contributed by atoms with van der Waals surface area (Å²) in [5, 5.41) is 7.50. The summed E-state index contributed by atoms with van der Waals surface area (Å²) in [5.74, 6) is 1.97. The van der Waals surface area contributed by atoms with Gasteiger partial charge in [0.1, 0.15) is 11.3 Å². The van der Waals surface area contributed by atoms with Crippen LogP contribution in [0.15, 0.2) is 79.4 Å². The fraction of sp³-hybridized carbons (Fsp3) is 0.161. The summed E-state index contributed by atoms with van der Waals surface area (Å²) in [7, 11) is 2.98. The number of fused-ring (bicyclic) bond motifs is 2. The highest BCUT2D eigenvalue weighted by atomic mass is 16.5. The van der Waals surface area contributed by atoms with Crippen LogP contribution in [-0.2, 0) is 6.42 Å². The third kappa shape index (κ3) is 4.49. The number of aromatic nitrogens is 7. The molecule has 0 bridgehead atoms. The number of ether oxygens (including phenoxy) is 2. The van der Waals surface area contributed by atoms with Crippen LogP contribution in [0, 0.1) is 0 Å². The van der Waals surface area contributed by atoms with Gasteiger partial charge in [-0.3, -0.25) is 9.36 Å². The second-order valence-electron chi connectivity index (χ2n) is 10.0. The smallest absolute Gasteiger partial charge is 0.257 e. The molecule has 3 N–H and O–H groups in total. The fourth-order valence-corrected chi connectivity index (χ4v) is 5.59. The van der Waals surface area contributed by atoms with Gasteiger partial charge in [0, 0.05) is 30.5 Å². The van der Waals surface area contributed by atoms with Gasteiger partial charge in [0.05, 0.1) is 31.4 Å². The molecule has 7 rings (SSSR count). The van der Waals surface area contributed by atoms with Crippen molar-refractivity contribution in [2.75, 3.05) is 20.0 Å². The lowest BCUT2D eigenvalue weighted by molar-refractivity contribution is 0.0932. The van der Waals surface area contributed by atoms with Crippen molar-refractivity contribution in [1.82, 2.24) is 39.6 Å². The maximum atomic E-state index is 13.3. The van der Waals surface area contributed by atoms with E-state index in [9.17, 15) is 4.79 Å². The van der Waals surface area contributed by atoms with Crippen molar-refractivity contribution >= 4 is 22.9 Å². The first-order valence-electron chi connectivity index (χ1n) is 13.7. The van der Waals surface area contributed by atoms with Crippen LogP contribution in [0.25, 0.3) is 34.1 Å². The monoisotopic (exact) mass is 573 g/mol. The van der Waals surface area contributed by atoms with Gasteiger partial charge in [-0.1, -0.05) is 6.07 Å². The van der Waals surface area contributed by atoms with Gasteiger partial charge in [-0.25, -0.2) is 24.6 Å². The molecule has 0 radical (unpaired) electrons. The topological polar surface area (TPSA) is 148 Å². The molecular formula is C31H27N9O3. The number of aryl methyl sites for hydroxylation is 1. The van der Waals surface area contributed by atoms with Crippen LogP contribution in [0.1, 0.15) is 33.9 Å². The molecule has 5 heterocycles. The number of amides is 1. The predicted octanol–water partition coefficient (Wildman–Crippen LogP) is 4.08. The van der Waals surface area contributed by atoms with Gasteiger partial charge in [0.15, 0.2) is 23.0 Å². The molecule has 214 valence electrons. The van der Waals surface area contributed by atoms with Gasteiger partial charge in [-0.15, -0.1) is 0 Å². The Hall–Kier alpha value is -5.78. The summed E-state index contributed by atoms with van der Waals surface area (Å²) >= 11 is 0. The molecular weight excluding hydrogens is 546 g/mol. The molecule has 1 amide bonds. The minimum atomic E-state index is -0.259. The number of benzene rings is 1. The Bertz CT molecular complexity index is 1980. The van der Waals surface area contributed by atoms with E-state index in [1.807, 2.05) is 53.2 Å². The van der Waals surface area contributed by atoms with Crippen LogP contribution < -0.4 is 20.5 Å². The number of hydrogen-bond donors (Lipinski definition) is 2. The summed E-state index contributed by atoms with van der Waals surface area (Å²) in [6.07, 6.45) is 8.27. The van der Waals surface area contributed by atoms with Gasteiger partial charge >= 0.3 is 0 Å². The van der Waals surface area contributed by atoms with E-state index in [0.717, 1.165) is 29.7 Å². The zero-order valence-corrected chi connectivity index (χ0v) is 23.4. The largest absolute Gasteiger partial charge is 0.491 e. The van der Waals surface area contributed by atoms with E-state index in [-0.39, 0.29) is 17.8 Å². The van der Waals surface area contributed by atoms with Crippen LogP contribution in [0.5, 0.6) is 11.6 Å². The second-order valence-corrected chi connectivity index (χ2v) is 10.0. The summed E-state index contributed by atoms with van der Waals surface area (Å²) in [5.41, 5.74) is 11.8. The van der Waals surface area contributed by atoms with Crippen molar-refractivity contribution in [1.29, 1.82) is 0 Å². The summed E-state index contributed by atoms with van der Waals surface area (Å²) in [6, 6.07) is 17.0. The maximum Gasteiger partial charge on any atom is 0.257 e. The summed E-state index contributed by atoms with van der Waals surface area (Å²) < 4.78 is 14.4. The van der Waals surface area contributed by atoms with Crippen molar-refractivity contribution in [3.63, 3.8) is 0 Å². The number of rotatable bonds is 7. The van der Waals surface area contributed by atoms with E-state index in [1.54, 1.807) is 23.1 Å². The molecule has 0 saturated carbocycles. The molecule has 0 unspecified atom stereocenters. The normalized spacial score (nSPS) is 14.0. The molecule has 1 atom stereocenters. The second kappa shape index (κ2) is 10.6. The average molecular weight is 574 g/mol. The lowest BCUT2D eigenvalue weighted by atomic mass is 10.1. The Kier molecular flexibility index (Phi) is 6.42. The van der Waals surface area contributed by atoms with Crippen molar-refractivity contribution in [2.45, 2.75) is 18.9 Å². The van der Waals surface area contributed by atoms with Crippen LogP contribution in [0.3, 0.4) is 0 Å². The molecule has 0 spiro atoms. The van der Waals surface area contributed by atoms with Crippen LogP contribution >= 0.6 is 0 Å². The number of nitrogen functional groups attached to an aromatic ring is 1. The van der Waals surface area contributed by atoms with E-state index < -0.39 is 0 Å². The quantitative estimate of drug-likeness (QED) is 0.288. The molecule has 0 saturated heterocycles. The van der Waals surface area contributed by atoms with Crippen LogP contribution in [-0.4, -0.2) is 54.4 Å². The van der Waals surface area contributed by atoms with Gasteiger partial charge in [0.25, 0.3) is 11.8 Å². The Morgan fingerprint density at radius 1 is 1.00 bits per heavy atom. The molecule has 0 fully saturated rings. The molecule has 1 aromatic carbocycles. The Balaban J connectivity index is 1.29. The number of nitrogens with one attached hydrogen (secondary N) is 1. The summed E-state index contributed by atoms with van der Waals surface area (Å²) in [4.78, 5) is 31.6. The number of imidazole rings is 1.